The van der Waals surface area contributed by atoms with Crippen LogP contribution in [0.2, 0.25) is 0 Å². The van der Waals surface area contributed by atoms with Gasteiger partial charge in [-0.05, 0) is 75.2 Å². The van der Waals surface area contributed by atoms with Crippen molar-refractivity contribution in [3.05, 3.63) is 83.9 Å². The molecule has 0 aliphatic heterocycles. The maximum absolute atomic E-state index is 9.71. The highest BCUT2D eigenvalue weighted by atomic mass is 31.1. The number of hydrogen-bond donors (Lipinski definition) is 2. The van der Waals surface area contributed by atoms with Crippen molar-refractivity contribution >= 4 is 18.1 Å². The molecule has 0 bridgehead atoms. The van der Waals surface area contributed by atoms with E-state index in [1.807, 2.05) is 58.0 Å². The number of aromatic hydroxyl groups is 2. The summed E-state index contributed by atoms with van der Waals surface area (Å²) in [5.41, 5.74) is 0.574. The minimum absolute atomic E-state index is 0.145. The Kier molecular flexibility index (Phi) is 7.97. The van der Waals surface area contributed by atoms with E-state index in [2.05, 4.69) is 0 Å². The van der Waals surface area contributed by atoms with Crippen molar-refractivity contribution in [3.63, 3.8) is 0 Å². The Bertz CT molecular complexity index is 1040. The van der Waals surface area contributed by atoms with Gasteiger partial charge < -0.3 is 28.3 Å². The third-order valence-corrected chi connectivity index (χ3v) is 6.63. The third-order valence-electron chi connectivity index (χ3n) is 4.80. The van der Waals surface area contributed by atoms with Gasteiger partial charge in [0.15, 0.2) is 0 Å². The van der Waals surface area contributed by atoms with Crippen LogP contribution in [0.15, 0.2) is 72.8 Å². The molecule has 0 amide bonds. The summed E-state index contributed by atoms with van der Waals surface area (Å²) in [6.45, 7) is 7.77. The molecule has 0 aliphatic rings. The SMILES string of the molecule is CC(C)(OPOc1cccc(C(C)(C)OPOc2cccc(O)c2)c1)c1cccc(O)c1. The standard InChI is InChI=1S/C24H28O6P2/c1-23(2,17-8-5-10-19(25)14-17)29-31-27-21-12-6-9-18(15-21)24(3,4)30-32-28-22-13-7-11-20(26)16-22/h5-16,25-26,31-32H,1-4H3. The van der Waals surface area contributed by atoms with E-state index >= 15 is 0 Å². The number of rotatable bonds is 10. The topological polar surface area (TPSA) is 77.4 Å². The van der Waals surface area contributed by atoms with E-state index in [1.165, 1.54) is 6.07 Å². The molecular formula is C24H28O6P2. The Hall–Kier alpha value is -2.36. The van der Waals surface area contributed by atoms with E-state index in [9.17, 15) is 10.2 Å². The van der Waals surface area contributed by atoms with Crippen LogP contribution in [-0.2, 0) is 20.2 Å². The average Bonchev–Trinajstić information content (AvgIpc) is 2.74. The first-order valence-corrected chi connectivity index (χ1v) is 11.7. The van der Waals surface area contributed by atoms with Crippen molar-refractivity contribution in [3.8, 4) is 23.0 Å². The Balaban J connectivity index is 1.55. The summed E-state index contributed by atoms with van der Waals surface area (Å²) in [5, 5.41) is 19.2. The lowest BCUT2D eigenvalue weighted by Gasteiger charge is -2.26. The van der Waals surface area contributed by atoms with E-state index in [4.69, 9.17) is 18.1 Å². The smallest absolute Gasteiger partial charge is 0.216 e. The zero-order valence-electron chi connectivity index (χ0n) is 18.5. The van der Waals surface area contributed by atoms with Crippen LogP contribution in [0.4, 0.5) is 0 Å². The maximum Gasteiger partial charge on any atom is 0.216 e. The van der Waals surface area contributed by atoms with Gasteiger partial charge in [-0.15, -0.1) is 0 Å². The van der Waals surface area contributed by atoms with Crippen molar-refractivity contribution in [2.24, 2.45) is 0 Å². The molecule has 0 saturated heterocycles. The van der Waals surface area contributed by atoms with Gasteiger partial charge in [0.1, 0.15) is 23.0 Å². The predicted molar refractivity (Wildman–Crippen MR) is 129 cm³/mol. The second kappa shape index (κ2) is 10.5. The molecule has 0 saturated carbocycles. The van der Waals surface area contributed by atoms with E-state index < -0.39 is 11.2 Å². The highest BCUT2D eigenvalue weighted by Gasteiger charge is 2.24. The molecule has 8 heteroatoms. The monoisotopic (exact) mass is 474 g/mol. The minimum Gasteiger partial charge on any atom is -0.508 e. The second-order valence-corrected chi connectivity index (χ2v) is 9.32. The zero-order valence-corrected chi connectivity index (χ0v) is 20.5. The molecule has 0 heterocycles. The molecule has 170 valence electrons. The maximum atomic E-state index is 9.71. The van der Waals surface area contributed by atoms with Crippen molar-refractivity contribution in [2.45, 2.75) is 38.9 Å². The molecule has 0 fully saturated rings. The van der Waals surface area contributed by atoms with Gasteiger partial charge in [-0.1, -0.05) is 30.3 Å². The van der Waals surface area contributed by atoms with Gasteiger partial charge in [-0.2, -0.15) is 0 Å². The fraction of sp³-hybridized carbons (Fsp3) is 0.250. The van der Waals surface area contributed by atoms with Gasteiger partial charge in [0.2, 0.25) is 18.1 Å². The zero-order chi connectivity index (χ0) is 23.2. The van der Waals surface area contributed by atoms with E-state index in [0.29, 0.717) is 11.5 Å². The minimum atomic E-state index is -0.612. The van der Waals surface area contributed by atoms with Crippen LogP contribution < -0.4 is 9.05 Å². The summed E-state index contributed by atoms with van der Waals surface area (Å²) < 4.78 is 23.4. The first kappa shape index (κ1) is 24.3. The van der Waals surface area contributed by atoms with Crippen molar-refractivity contribution < 1.29 is 28.3 Å². The van der Waals surface area contributed by atoms with E-state index in [-0.39, 0.29) is 29.6 Å². The lowest BCUT2D eigenvalue weighted by atomic mass is 9.98. The third kappa shape index (κ3) is 6.82. The summed E-state index contributed by atoms with van der Waals surface area (Å²) in [5.74, 6) is 1.56. The normalized spacial score (nSPS) is 12.6. The van der Waals surface area contributed by atoms with Crippen LogP contribution in [0.1, 0.15) is 38.8 Å². The molecule has 3 aromatic rings. The first-order valence-electron chi connectivity index (χ1n) is 10.0. The van der Waals surface area contributed by atoms with Crippen LogP contribution in [-0.4, -0.2) is 10.2 Å². The molecule has 2 N–H and O–H groups in total. The first-order chi connectivity index (χ1) is 15.2. The molecule has 3 aromatic carbocycles. The highest BCUT2D eigenvalue weighted by Crippen LogP contribution is 2.38. The second-order valence-electron chi connectivity index (χ2n) is 8.17. The molecule has 6 nitrogen and oxygen atoms in total. The molecule has 2 unspecified atom stereocenters. The molecule has 0 spiro atoms. The summed E-state index contributed by atoms with van der Waals surface area (Å²) in [6.07, 6.45) is 0. The fourth-order valence-corrected chi connectivity index (χ4v) is 4.01. The number of benzene rings is 3. The van der Waals surface area contributed by atoms with E-state index in [1.54, 1.807) is 36.4 Å². The lowest BCUT2D eigenvalue weighted by molar-refractivity contribution is 0.118. The molecule has 2 atom stereocenters. The molecule has 0 aromatic heterocycles. The van der Waals surface area contributed by atoms with Gasteiger partial charge in [0.25, 0.3) is 0 Å². The van der Waals surface area contributed by atoms with Crippen LogP contribution in [0, 0.1) is 0 Å². The Labute approximate surface area is 192 Å². The number of phenols is 2. The molecule has 0 aliphatic carbocycles. The predicted octanol–water partition coefficient (Wildman–Crippen LogP) is 6.78. The van der Waals surface area contributed by atoms with Crippen LogP contribution >= 0.6 is 18.1 Å². The Morgan fingerprint density at radius 1 is 0.594 bits per heavy atom. The summed E-state index contributed by atoms with van der Waals surface area (Å²) in [4.78, 5) is 0. The van der Waals surface area contributed by atoms with Crippen LogP contribution in [0.3, 0.4) is 0 Å². The fourth-order valence-electron chi connectivity index (χ4n) is 2.83. The summed E-state index contributed by atoms with van der Waals surface area (Å²) >= 11 is 0. The molecule has 32 heavy (non-hydrogen) atoms. The van der Waals surface area contributed by atoms with E-state index in [0.717, 1.165) is 11.1 Å². The number of phenolic OH excluding ortho intramolecular Hbond substituents is 2. The van der Waals surface area contributed by atoms with Gasteiger partial charge in [-0.25, -0.2) is 0 Å². The number of hydrogen-bond acceptors (Lipinski definition) is 6. The summed E-state index contributed by atoms with van der Waals surface area (Å²) in [6, 6.07) is 21.3. The van der Waals surface area contributed by atoms with Crippen molar-refractivity contribution in [2.75, 3.05) is 0 Å². The van der Waals surface area contributed by atoms with Gasteiger partial charge in [0, 0.05) is 6.07 Å². The molecular weight excluding hydrogens is 446 g/mol. The van der Waals surface area contributed by atoms with Crippen LogP contribution in [0.25, 0.3) is 0 Å². The Morgan fingerprint density at radius 2 is 1.03 bits per heavy atom. The quantitative estimate of drug-likeness (QED) is 0.316. The Morgan fingerprint density at radius 3 is 1.56 bits per heavy atom. The summed E-state index contributed by atoms with van der Waals surface area (Å²) in [7, 11) is -0.465. The molecule has 0 radical (unpaired) electrons. The van der Waals surface area contributed by atoms with Crippen molar-refractivity contribution in [1.29, 1.82) is 0 Å². The van der Waals surface area contributed by atoms with Gasteiger partial charge >= 0.3 is 0 Å². The van der Waals surface area contributed by atoms with Gasteiger partial charge in [0.05, 0.1) is 11.2 Å². The average molecular weight is 474 g/mol. The highest BCUT2D eigenvalue weighted by molar-refractivity contribution is 7.27. The van der Waals surface area contributed by atoms with Crippen LogP contribution in [0.5, 0.6) is 23.0 Å². The van der Waals surface area contributed by atoms with Crippen molar-refractivity contribution in [1.82, 2.24) is 0 Å². The largest absolute Gasteiger partial charge is 0.508 e. The van der Waals surface area contributed by atoms with Gasteiger partial charge in [-0.3, -0.25) is 0 Å². The lowest BCUT2D eigenvalue weighted by Crippen LogP contribution is -2.18. The molecule has 3 rings (SSSR count).